The lowest BCUT2D eigenvalue weighted by Gasteiger charge is -2.19. The van der Waals surface area contributed by atoms with E-state index in [2.05, 4.69) is 28.3 Å². The van der Waals surface area contributed by atoms with Crippen LogP contribution in [0.5, 0.6) is 0 Å². The van der Waals surface area contributed by atoms with Gasteiger partial charge in [0, 0.05) is 31.4 Å². The SMILES string of the molecule is CN1CCC[C@H]1c1cncc(CCCNC(=O)CCCCCCN)c1. The number of hydrogen-bond donors (Lipinski definition) is 2. The molecule has 1 aromatic heterocycles. The van der Waals surface area contributed by atoms with E-state index in [0.717, 1.165) is 51.6 Å². The van der Waals surface area contributed by atoms with Crippen LogP contribution in [0.2, 0.25) is 0 Å². The summed E-state index contributed by atoms with van der Waals surface area (Å²) in [6.45, 7) is 2.67. The molecule has 3 N–H and O–H groups in total. The van der Waals surface area contributed by atoms with Crippen LogP contribution in [0.15, 0.2) is 18.5 Å². The standard InChI is InChI=1S/C20H34N4O/c1-24-13-7-9-19(24)18-14-17(15-22-16-18)8-6-12-23-20(25)10-4-2-3-5-11-21/h14-16,19H,2-13,21H2,1H3,(H,23,25)/t19-/m0/s1. The van der Waals surface area contributed by atoms with Crippen LogP contribution in [-0.4, -0.2) is 42.5 Å². The molecule has 1 aliphatic rings. The Morgan fingerprint density at radius 2 is 2.12 bits per heavy atom. The second-order valence-electron chi connectivity index (χ2n) is 7.17. The third-order valence-electron chi connectivity index (χ3n) is 5.04. The molecule has 2 heterocycles. The average molecular weight is 347 g/mol. The number of nitrogens with two attached hydrogens (primary N) is 1. The normalized spacial score (nSPS) is 17.8. The van der Waals surface area contributed by atoms with Gasteiger partial charge in [0.15, 0.2) is 0 Å². The topological polar surface area (TPSA) is 71.2 Å². The Hall–Kier alpha value is -1.46. The molecule has 140 valence electrons. The molecule has 2 rings (SSSR count). The first kappa shape index (κ1) is 19.9. The van der Waals surface area contributed by atoms with Gasteiger partial charge in [0.2, 0.25) is 5.91 Å². The number of likely N-dealkylation sites (tertiary alicyclic amines) is 1. The van der Waals surface area contributed by atoms with Crippen molar-refractivity contribution >= 4 is 5.91 Å². The second-order valence-corrected chi connectivity index (χ2v) is 7.17. The summed E-state index contributed by atoms with van der Waals surface area (Å²) in [5.74, 6) is 0.173. The van der Waals surface area contributed by atoms with Crippen molar-refractivity contribution in [1.82, 2.24) is 15.2 Å². The number of nitrogens with one attached hydrogen (secondary N) is 1. The van der Waals surface area contributed by atoms with Crippen molar-refractivity contribution in [1.29, 1.82) is 0 Å². The predicted octanol–water partition coefficient (Wildman–Crippen LogP) is 2.81. The fraction of sp³-hybridized carbons (Fsp3) is 0.700. The first-order valence-corrected chi connectivity index (χ1v) is 9.81. The predicted molar refractivity (Wildman–Crippen MR) is 102 cm³/mol. The fourth-order valence-corrected chi connectivity index (χ4v) is 3.55. The van der Waals surface area contributed by atoms with Gasteiger partial charge < -0.3 is 11.1 Å². The molecule has 1 aromatic rings. The number of carbonyl (C=O) groups excluding carboxylic acids is 1. The van der Waals surface area contributed by atoms with E-state index in [4.69, 9.17) is 5.73 Å². The van der Waals surface area contributed by atoms with E-state index in [1.54, 1.807) is 0 Å². The Morgan fingerprint density at radius 1 is 1.28 bits per heavy atom. The monoisotopic (exact) mass is 346 g/mol. The molecule has 0 aliphatic carbocycles. The quantitative estimate of drug-likeness (QED) is 0.605. The van der Waals surface area contributed by atoms with E-state index in [-0.39, 0.29) is 5.91 Å². The van der Waals surface area contributed by atoms with E-state index in [0.29, 0.717) is 12.5 Å². The first-order valence-electron chi connectivity index (χ1n) is 9.81. The van der Waals surface area contributed by atoms with Crippen molar-refractivity contribution in [3.63, 3.8) is 0 Å². The Labute approximate surface area is 152 Å². The van der Waals surface area contributed by atoms with Gasteiger partial charge in [-0.05, 0) is 69.8 Å². The van der Waals surface area contributed by atoms with Crippen molar-refractivity contribution in [2.24, 2.45) is 5.73 Å². The maximum Gasteiger partial charge on any atom is 0.219 e. The summed E-state index contributed by atoms with van der Waals surface area (Å²) in [5, 5.41) is 3.03. The van der Waals surface area contributed by atoms with E-state index < -0.39 is 0 Å². The minimum atomic E-state index is 0.173. The van der Waals surface area contributed by atoms with E-state index >= 15 is 0 Å². The van der Waals surface area contributed by atoms with Crippen LogP contribution in [0.1, 0.15) is 68.5 Å². The van der Waals surface area contributed by atoms with Gasteiger partial charge in [-0.1, -0.05) is 18.9 Å². The van der Waals surface area contributed by atoms with Gasteiger partial charge in [-0.2, -0.15) is 0 Å². The van der Waals surface area contributed by atoms with Crippen LogP contribution in [0.3, 0.4) is 0 Å². The number of aromatic nitrogens is 1. The largest absolute Gasteiger partial charge is 0.356 e. The van der Waals surface area contributed by atoms with Crippen LogP contribution in [-0.2, 0) is 11.2 Å². The summed E-state index contributed by atoms with van der Waals surface area (Å²) >= 11 is 0. The third-order valence-corrected chi connectivity index (χ3v) is 5.04. The van der Waals surface area contributed by atoms with Gasteiger partial charge >= 0.3 is 0 Å². The highest BCUT2D eigenvalue weighted by molar-refractivity contribution is 5.75. The zero-order valence-electron chi connectivity index (χ0n) is 15.7. The summed E-state index contributed by atoms with van der Waals surface area (Å²) in [5.41, 5.74) is 8.07. The number of hydrogen-bond acceptors (Lipinski definition) is 4. The number of unbranched alkanes of at least 4 members (excludes halogenated alkanes) is 3. The van der Waals surface area contributed by atoms with Gasteiger partial charge in [-0.15, -0.1) is 0 Å². The van der Waals surface area contributed by atoms with Crippen molar-refractivity contribution in [2.45, 2.75) is 63.8 Å². The van der Waals surface area contributed by atoms with Crippen molar-refractivity contribution in [2.75, 3.05) is 26.7 Å². The molecule has 5 nitrogen and oxygen atoms in total. The van der Waals surface area contributed by atoms with Crippen molar-refractivity contribution < 1.29 is 4.79 Å². The van der Waals surface area contributed by atoms with E-state index in [1.807, 2.05) is 12.4 Å². The van der Waals surface area contributed by atoms with Crippen LogP contribution >= 0.6 is 0 Å². The van der Waals surface area contributed by atoms with E-state index in [9.17, 15) is 4.79 Å². The maximum atomic E-state index is 11.8. The summed E-state index contributed by atoms with van der Waals surface area (Å²) in [6.07, 6.45) is 13.3. The number of carbonyl (C=O) groups is 1. The zero-order chi connectivity index (χ0) is 17.9. The highest BCUT2D eigenvalue weighted by atomic mass is 16.1. The van der Waals surface area contributed by atoms with E-state index in [1.165, 1.54) is 30.5 Å². The van der Waals surface area contributed by atoms with Gasteiger partial charge in [0.05, 0.1) is 0 Å². The average Bonchev–Trinajstić information content (AvgIpc) is 3.05. The Balaban J connectivity index is 1.62. The van der Waals surface area contributed by atoms with Gasteiger partial charge in [-0.25, -0.2) is 0 Å². The number of nitrogens with zero attached hydrogens (tertiary/aromatic N) is 2. The molecule has 1 atom stereocenters. The van der Waals surface area contributed by atoms with Crippen LogP contribution in [0, 0.1) is 0 Å². The molecule has 0 unspecified atom stereocenters. The lowest BCUT2D eigenvalue weighted by Crippen LogP contribution is -2.24. The lowest BCUT2D eigenvalue weighted by atomic mass is 10.0. The van der Waals surface area contributed by atoms with Gasteiger partial charge in [-0.3, -0.25) is 14.7 Å². The van der Waals surface area contributed by atoms with Gasteiger partial charge in [0.25, 0.3) is 0 Å². The Morgan fingerprint density at radius 3 is 2.88 bits per heavy atom. The van der Waals surface area contributed by atoms with Gasteiger partial charge in [0.1, 0.15) is 0 Å². The summed E-state index contributed by atoms with van der Waals surface area (Å²) < 4.78 is 0. The summed E-state index contributed by atoms with van der Waals surface area (Å²) in [6, 6.07) is 2.81. The number of amides is 1. The minimum Gasteiger partial charge on any atom is -0.356 e. The molecule has 0 aromatic carbocycles. The maximum absolute atomic E-state index is 11.8. The molecule has 1 aliphatic heterocycles. The summed E-state index contributed by atoms with van der Waals surface area (Å²) in [7, 11) is 2.19. The van der Waals surface area contributed by atoms with Crippen molar-refractivity contribution in [3.05, 3.63) is 29.6 Å². The van der Waals surface area contributed by atoms with Crippen LogP contribution in [0.4, 0.5) is 0 Å². The Kier molecular flexibility index (Phi) is 8.91. The van der Waals surface area contributed by atoms with Crippen LogP contribution < -0.4 is 11.1 Å². The zero-order valence-corrected chi connectivity index (χ0v) is 15.7. The smallest absolute Gasteiger partial charge is 0.219 e. The molecule has 25 heavy (non-hydrogen) atoms. The molecule has 5 heteroatoms. The molecule has 1 saturated heterocycles. The first-order chi connectivity index (χ1) is 12.2. The highest BCUT2D eigenvalue weighted by Gasteiger charge is 2.22. The minimum absolute atomic E-state index is 0.173. The molecular formula is C20H34N4O. The number of rotatable bonds is 11. The number of aryl methyl sites for hydroxylation is 1. The Bertz CT molecular complexity index is 520. The highest BCUT2D eigenvalue weighted by Crippen LogP contribution is 2.30. The molecule has 0 spiro atoms. The number of pyridine rings is 1. The van der Waals surface area contributed by atoms with Crippen molar-refractivity contribution in [3.8, 4) is 0 Å². The van der Waals surface area contributed by atoms with Crippen LogP contribution in [0.25, 0.3) is 0 Å². The summed E-state index contributed by atoms with van der Waals surface area (Å²) in [4.78, 5) is 18.6. The lowest BCUT2D eigenvalue weighted by molar-refractivity contribution is -0.121. The molecule has 0 saturated carbocycles. The fourth-order valence-electron chi connectivity index (χ4n) is 3.55. The molecule has 1 fully saturated rings. The molecule has 0 radical (unpaired) electrons. The third kappa shape index (κ3) is 7.12. The molecule has 1 amide bonds. The molecule has 0 bridgehead atoms. The molecular weight excluding hydrogens is 312 g/mol. The second kappa shape index (κ2) is 11.2.